The van der Waals surface area contributed by atoms with Crippen molar-refractivity contribution in [3.63, 3.8) is 0 Å². The van der Waals surface area contributed by atoms with Gasteiger partial charge in [-0.15, -0.1) is 0 Å². The molecule has 1 N–H and O–H groups in total. The van der Waals surface area contributed by atoms with Crippen LogP contribution in [0.4, 0.5) is 0 Å². The minimum absolute atomic E-state index is 0.0897. The first kappa shape index (κ1) is 18.4. The molecule has 1 atom stereocenters. The van der Waals surface area contributed by atoms with Gasteiger partial charge in [0.15, 0.2) is 0 Å². The zero-order valence-corrected chi connectivity index (χ0v) is 15.5. The van der Waals surface area contributed by atoms with Crippen LogP contribution in [0.15, 0.2) is 71.8 Å². The summed E-state index contributed by atoms with van der Waals surface area (Å²) in [7, 11) is -5.14. The van der Waals surface area contributed by atoms with E-state index < -0.39 is 25.6 Å². The zero-order valence-electron chi connectivity index (χ0n) is 13.9. The van der Waals surface area contributed by atoms with Crippen LogP contribution >= 0.6 is 0 Å². The highest BCUT2D eigenvalue weighted by atomic mass is 32.2. The molecular formula is C18H21NO3S2. The highest BCUT2D eigenvalue weighted by Gasteiger charge is 2.24. The SMILES string of the molecule is CC(C)(C)[S@@](=O)N/C=C(\c1ccccc1)S(=O)(=O)c1ccccc1. The second-order valence-corrected chi connectivity index (χ2v) is 10.1. The third kappa shape index (κ3) is 4.33. The van der Waals surface area contributed by atoms with E-state index in [1.54, 1.807) is 54.6 Å². The Kier molecular flexibility index (Phi) is 5.62. The van der Waals surface area contributed by atoms with Crippen molar-refractivity contribution in [2.75, 3.05) is 0 Å². The molecule has 0 unspecified atom stereocenters. The van der Waals surface area contributed by atoms with Gasteiger partial charge in [-0.25, -0.2) is 12.6 Å². The van der Waals surface area contributed by atoms with Gasteiger partial charge in [-0.3, -0.25) is 0 Å². The lowest BCUT2D eigenvalue weighted by molar-refractivity contribution is 0.605. The lowest BCUT2D eigenvalue weighted by atomic mass is 10.2. The van der Waals surface area contributed by atoms with Crippen LogP contribution in [0.1, 0.15) is 26.3 Å². The molecule has 0 saturated heterocycles. The van der Waals surface area contributed by atoms with Crippen molar-refractivity contribution in [1.82, 2.24) is 4.72 Å². The smallest absolute Gasteiger partial charge is 0.208 e. The lowest BCUT2D eigenvalue weighted by Crippen LogP contribution is -2.30. The number of hydrogen-bond donors (Lipinski definition) is 1. The number of sulfone groups is 1. The third-order valence-corrected chi connectivity index (χ3v) is 6.52. The van der Waals surface area contributed by atoms with Gasteiger partial charge in [0.1, 0.15) is 11.0 Å². The van der Waals surface area contributed by atoms with Crippen LogP contribution in [0.25, 0.3) is 4.91 Å². The highest BCUT2D eigenvalue weighted by molar-refractivity contribution is 8.00. The maximum Gasteiger partial charge on any atom is 0.208 e. The average molecular weight is 364 g/mol. The molecule has 2 rings (SSSR count). The summed E-state index contributed by atoms with van der Waals surface area (Å²) in [5.74, 6) is 0. The molecule has 0 aromatic heterocycles. The first-order chi connectivity index (χ1) is 11.2. The molecule has 0 aliphatic rings. The maximum atomic E-state index is 13.0. The largest absolute Gasteiger partial charge is 0.310 e. The molecule has 2 aromatic rings. The summed E-state index contributed by atoms with van der Waals surface area (Å²) in [5.41, 5.74) is 0.541. The summed E-state index contributed by atoms with van der Waals surface area (Å²) in [6.07, 6.45) is 1.33. The second kappa shape index (κ2) is 7.32. The van der Waals surface area contributed by atoms with Gasteiger partial charge in [0.2, 0.25) is 9.84 Å². The molecule has 0 aliphatic carbocycles. The van der Waals surface area contributed by atoms with Crippen LogP contribution in [0.3, 0.4) is 0 Å². The van der Waals surface area contributed by atoms with Crippen molar-refractivity contribution in [1.29, 1.82) is 0 Å². The van der Waals surface area contributed by atoms with Crippen LogP contribution in [-0.2, 0) is 20.8 Å². The molecule has 24 heavy (non-hydrogen) atoms. The second-order valence-electron chi connectivity index (χ2n) is 6.19. The summed E-state index contributed by atoms with van der Waals surface area (Å²) < 4.78 is 40.4. The van der Waals surface area contributed by atoms with Gasteiger partial charge in [0.25, 0.3) is 0 Å². The fraction of sp³-hybridized carbons (Fsp3) is 0.222. The summed E-state index contributed by atoms with van der Waals surface area (Å²) in [6.45, 7) is 5.45. The molecule has 2 aromatic carbocycles. The van der Waals surface area contributed by atoms with Crippen molar-refractivity contribution in [2.45, 2.75) is 30.4 Å². The first-order valence-electron chi connectivity index (χ1n) is 7.47. The fourth-order valence-electron chi connectivity index (χ4n) is 1.93. The molecule has 0 saturated carbocycles. The Morgan fingerprint density at radius 1 is 0.958 bits per heavy atom. The van der Waals surface area contributed by atoms with Crippen LogP contribution < -0.4 is 4.72 Å². The van der Waals surface area contributed by atoms with Crippen molar-refractivity contribution >= 4 is 25.7 Å². The number of benzene rings is 2. The molecular weight excluding hydrogens is 342 g/mol. The van der Waals surface area contributed by atoms with Crippen molar-refractivity contribution in [3.8, 4) is 0 Å². The summed E-state index contributed by atoms with van der Waals surface area (Å²) in [5, 5.41) is 0. The number of hydrogen-bond acceptors (Lipinski definition) is 3. The van der Waals surface area contributed by atoms with Gasteiger partial charge in [0.05, 0.1) is 14.5 Å². The molecule has 128 valence electrons. The molecule has 0 aliphatic heterocycles. The molecule has 0 bridgehead atoms. The molecule has 4 nitrogen and oxygen atoms in total. The lowest BCUT2D eigenvalue weighted by Gasteiger charge is -2.18. The molecule has 6 heteroatoms. The molecule has 0 fully saturated rings. The normalized spacial score (nSPS) is 14.2. The Hall–Kier alpha value is -1.92. The van der Waals surface area contributed by atoms with E-state index in [2.05, 4.69) is 4.72 Å². The quantitative estimate of drug-likeness (QED) is 0.884. The molecule has 0 radical (unpaired) electrons. The highest BCUT2D eigenvalue weighted by Crippen LogP contribution is 2.27. The van der Waals surface area contributed by atoms with Gasteiger partial charge in [-0.05, 0) is 38.5 Å². The molecule has 0 spiro atoms. The molecule has 0 heterocycles. The average Bonchev–Trinajstić information content (AvgIpc) is 2.55. The van der Waals surface area contributed by atoms with E-state index in [1.807, 2.05) is 26.8 Å². The van der Waals surface area contributed by atoms with Gasteiger partial charge in [-0.1, -0.05) is 48.5 Å². The Bertz CT molecular complexity index is 837. The number of rotatable bonds is 5. The topological polar surface area (TPSA) is 63.2 Å². The van der Waals surface area contributed by atoms with Crippen molar-refractivity contribution in [3.05, 3.63) is 72.4 Å². The zero-order chi connectivity index (χ0) is 17.8. The monoisotopic (exact) mass is 363 g/mol. The van der Waals surface area contributed by atoms with Crippen LogP contribution in [-0.4, -0.2) is 17.4 Å². The predicted molar refractivity (Wildman–Crippen MR) is 99.1 cm³/mol. The Morgan fingerprint density at radius 3 is 1.96 bits per heavy atom. The van der Waals surface area contributed by atoms with Crippen LogP contribution in [0.5, 0.6) is 0 Å². The summed E-state index contributed by atoms with van der Waals surface area (Å²) in [4.78, 5) is 0.287. The van der Waals surface area contributed by atoms with Crippen LogP contribution in [0, 0.1) is 0 Å². The van der Waals surface area contributed by atoms with Gasteiger partial charge in [-0.2, -0.15) is 0 Å². The van der Waals surface area contributed by atoms with E-state index in [-0.39, 0.29) is 9.80 Å². The Labute approximate surface area is 146 Å². The minimum atomic E-state index is -3.73. The van der Waals surface area contributed by atoms with E-state index >= 15 is 0 Å². The standard InChI is InChI=1S/C18H21NO3S2/c1-18(2,3)23(20)19-14-17(15-10-6-4-7-11-15)24(21,22)16-12-8-5-9-13-16/h4-14,19H,1-3H3/b17-14+/t23-/m1/s1. The predicted octanol–water partition coefficient (Wildman–Crippen LogP) is 3.51. The summed E-state index contributed by atoms with van der Waals surface area (Å²) in [6, 6.07) is 17.0. The van der Waals surface area contributed by atoms with E-state index in [0.29, 0.717) is 5.56 Å². The Balaban J connectivity index is 2.51. The Morgan fingerprint density at radius 2 is 1.46 bits per heavy atom. The molecule has 0 amide bonds. The minimum Gasteiger partial charge on any atom is -0.310 e. The van der Waals surface area contributed by atoms with E-state index in [4.69, 9.17) is 0 Å². The van der Waals surface area contributed by atoms with Crippen molar-refractivity contribution in [2.24, 2.45) is 0 Å². The maximum absolute atomic E-state index is 13.0. The van der Waals surface area contributed by atoms with E-state index in [1.165, 1.54) is 6.20 Å². The van der Waals surface area contributed by atoms with Crippen molar-refractivity contribution < 1.29 is 12.6 Å². The third-order valence-electron chi connectivity index (χ3n) is 3.25. The van der Waals surface area contributed by atoms with Crippen LogP contribution in [0.2, 0.25) is 0 Å². The van der Waals surface area contributed by atoms with Gasteiger partial charge >= 0.3 is 0 Å². The number of nitrogens with one attached hydrogen (secondary N) is 1. The fourth-order valence-corrected chi connectivity index (χ4v) is 4.01. The van der Waals surface area contributed by atoms with Gasteiger partial charge < -0.3 is 4.72 Å². The van der Waals surface area contributed by atoms with E-state index in [0.717, 1.165) is 0 Å². The van der Waals surface area contributed by atoms with Gasteiger partial charge in [0, 0.05) is 6.20 Å². The summed E-state index contributed by atoms with van der Waals surface area (Å²) >= 11 is 0. The van der Waals surface area contributed by atoms with E-state index in [9.17, 15) is 12.6 Å². The first-order valence-corrected chi connectivity index (χ1v) is 10.1.